The molecule has 0 aromatic heterocycles. The van der Waals surface area contributed by atoms with Crippen LogP contribution >= 0.6 is 0 Å². The van der Waals surface area contributed by atoms with Gasteiger partial charge in [-0.15, -0.1) is 0 Å². The lowest BCUT2D eigenvalue weighted by Crippen LogP contribution is -2.52. The van der Waals surface area contributed by atoms with Crippen LogP contribution in [-0.4, -0.2) is 31.6 Å². The van der Waals surface area contributed by atoms with Gasteiger partial charge < -0.3 is 14.2 Å². The second-order valence-corrected chi connectivity index (χ2v) is 8.94. The lowest BCUT2D eigenvalue weighted by molar-refractivity contribution is -0.165. The second-order valence-electron chi connectivity index (χ2n) is 8.94. The number of hydrogen-bond donors (Lipinski definition) is 0. The highest BCUT2D eigenvalue weighted by molar-refractivity contribution is 5.90. The topological polar surface area (TPSA) is 61.8 Å². The molecule has 152 valence electrons. The SMILES string of the molecule is COc1ccccc1OCCC(=O)OC(C)C(=O)C12CC3CC(CC(C3)C1)C2. The lowest BCUT2D eigenvalue weighted by atomic mass is 9.48. The van der Waals surface area contributed by atoms with Gasteiger partial charge in [0.1, 0.15) is 0 Å². The zero-order valence-electron chi connectivity index (χ0n) is 16.8. The Morgan fingerprint density at radius 1 is 1.04 bits per heavy atom. The highest BCUT2D eigenvalue weighted by atomic mass is 16.6. The smallest absolute Gasteiger partial charge is 0.309 e. The molecule has 5 rings (SSSR count). The Kier molecular flexibility index (Phi) is 5.35. The zero-order chi connectivity index (χ0) is 19.7. The molecule has 5 nitrogen and oxygen atoms in total. The van der Waals surface area contributed by atoms with Crippen LogP contribution in [0.1, 0.15) is 51.9 Å². The van der Waals surface area contributed by atoms with E-state index < -0.39 is 6.10 Å². The fourth-order valence-corrected chi connectivity index (χ4v) is 6.14. The first-order chi connectivity index (χ1) is 13.5. The van der Waals surface area contributed by atoms with Gasteiger partial charge in [0.25, 0.3) is 0 Å². The van der Waals surface area contributed by atoms with Crippen molar-refractivity contribution in [1.29, 1.82) is 0 Å². The molecule has 4 bridgehead atoms. The number of ether oxygens (including phenoxy) is 3. The molecule has 1 aromatic carbocycles. The normalized spacial score (nSPS) is 31.3. The fraction of sp³-hybridized carbons (Fsp3) is 0.652. The molecule has 0 heterocycles. The monoisotopic (exact) mass is 386 g/mol. The second kappa shape index (κ2) is 7.76. The molecule has 28 heavy (non-hydrogen) atoms. The Balaban J connectivity index is 1.28. The number of hydrogen-bond acceptors (Lipinski definition) is 5. The Labute approximate surface area is 166 Å². The van der Waals surface area contributed by atoms with E-state index in [1.807, 2.05) is 12.1 Å². The van der Waals surface area contributed by atoms with Crippen LogP contribution in [-0.2, 0) is 14.3 Å². The minimum absolute atomic E-state index is 0.108. The number of carbonyl (C=O) groups excluding carboxylic acids is 2. The highest BCUT2D eigenvalue weighted by Crippen LogP contribution is 2.60. The summed E-state index contributed by atoms with van der Waals surface area (Å²) in [4.78, 5) is 25.4. The van der Waals surface area contributed by atoms with Gasteiger partial charge in [-0.2, -0.15) is 0 Å². The summed E-state index contributed by atoms with van der Waals surface area (Å²) in [5.74, 6) is 3.08. The summed E-state index contributed by atoms with van der Waals surface area (Å²) in [6, 6.07) is 7.31. The number of rotatable bonds is 8. The molecule has 1 atom stereocenters. The van der Waals surface area contributed by atoms with Gasteiger partial charge in [0.2, 0.25) is 0 Å². The Bertz CT molecular complexity index is 705. The molecule has 4 aliphatic rings. The van der Waals surface area contributed by atoms with Crippen molar-refractivity contribution >= 4 is 11.8 Å². The number of methoxy groups -OCH3 is 1. The van der Waals surface area contributed by atoms with Gasteiger partial charge in [-0.3, -0.25) is 9.59 Å². The van der Waals surface area contributed by atoms with E-state index in [0.717, 1.165) is 19.3 Å². The van der Waals surface area contributed by atoms with Crippen LogP contribution in [0.4, 0.5) is 0 Å². The van der Waals surface area contributed by atoms with Crippen molar-refractivity contribution in [2.24, 2.45) is 23.2 Å². The van der Waals surface area contributed by atoms with E-state index in [1.165, 1.54) is 19.3 Å². The maximum Gasteiger partial charge on any atom is 0.309 e. The molecule has 0 amide bonds. The van der Waals surface area contributed by atoms with Gasteiger partial charge >= 0.3 is 5.97 Å². The quantitative estimate of drug-likeness (QED) is 0.627. The van der Waals surface area contributed by atoms with Crippen molar-refractivity contribution in [3.63, 3.8) is 0 Å². The average molecular weight is 386 g/mol. The number of ketones is 1. The molecule has 1 aromatic rings. The van der Waals surface area contributed by atoms with Crippen molar-refractivity contribution in [3.8, 4) is 11.5 Å². The van der Waals surface area contributed by atoms with Crippen molar-refractivity contribution in [2.75, 3.05) is 13.7 Å². The summed E-state index contributed by atoms with van der Waals surface area (Å²) < 4.78 is 16.4. The molecule has 0 radical (unpaired) electrons. The van der Waals surface area contributed by atoms with Crippen LogP contribution in [0.3, 0.4) is 0 Å². The van der Waals surface area contributed by atoms with E-state index in [4.69, 9.17) is 14.2 Å². The number of para-hydroxylation sites is 2. The van der Waals surface area contributed by atoms with Crippen molar-refractivity contribution < 1.29 is 23.8 Å². The van der Waals surface area contributed by atoms with Crippen LogP contribution < -0.4 is 9.47 Å². The summed E-state index contributed by atoms with van der Waals surface area (Å²) in [6.45, 7) is 1.93. The van der Waals surface area contributed by atoms with E-state index in [-0.39, 0.29) is 30.2 Å². The van der Waals surface area contributed by atoms with E-state index in [2.05, 4.69) is 0 Å². The number of esters is 1. The molecule has 5 heteroatoms. The minimum atomic E-state index is -0.671. The lowest BCUT2D eigenvalue weighted by Gasteiger charge is -2.56. The van der Waals surface area contributed by atoms with Crippen molar-refractivity contribution in [1.82, 2.24) is 0 Å². The fourth-order valence-electron chi connectivity index (χ4n) is 6.14. The number of benzene rings is 1. The molecule has 4 saturated carbocycles. The third-order valence-corrected chi connectivity index (χ3v) is 6.87. The molecule has 0 N–H and O–H groups in total. The van der Waals surface area contributed by atoms with Crippen LogP contribution in [0.5, 0.6) is 11.5 Å². The van der Waals surface area contributed by atoms with Gasteiger partial charge in [0, 0.05) is 5.41 Å². The Morgan fingerprint density at radius 2 is 1.61 bits per heavy atom. The van der Waals surface area contributed by atoms with E-state index in [1.54, 1.807) is 26.2 Å². The van der Waals surface area contributed by atoms with Crippen LogP contribution in [0.2, 0.25) is 0 Å². The Hall–Kier alpha value is -2.04. The molecular formula is C23H30O5. The summed E-state index contributed by atoms with van der Waals surface area (Å²) >= 11 is 0. The average Bonchev–Trinajstić information content (AvgIpc) is 2.66. The third kappa shape index (κ3) is 3.76. The molecule has 0 aliphatic heterocycles. The largest absolute Gasteiger partial charge is 0.493 e. The third-order valence-electron chi connectivity index (χ3n) is 6.87. The predicted molar refractivity (Wildman–Crippen MR) is 104 cm³/mol. The number of carbonyl (C=O) groups is 2. The van der Waals surface area contributed by atoms with Gasteiger partial charge in [-0.25, -0.2) is 0 Å². The van der Waals surface area contributed by atoms with Gasteiger partial charge in [-0.1, -0.05) is 12.1 Å². The molecule has 4 fully saturated rings. The molecule has 1 unspecified atom stereocenters. The summed E-state index contributed by atoms with van der Waals surface area (Å²) in [5, 5.41) is 0. The summed E-state index contributed by atoms with van der Waals surface area (Å²) in [5.41, 5.74) is -0.234. The van der Waals surface area contributed by atoms with Crippen molar-refractivity contribution in [3.05, 3.63) is 24.3 Å². The first-order valence-corrected chi connectivity index (χ1v) is 10.5. The molecule has 4 aliphatic carbocycles. The minimum Gasteiger partial charge on any atom is -0.493 e. The van der Waals surface area contributed by atoms with Gasteiger partial charge in [0.15, 0.2) is 23.4 Å². The highest BCUT2D eigenvalue weighted by Gasteiger charge is 2.55. The maximum absolute atomic E-state index is 13.2. The Morgan fingerprint density at radius 3 is 2.18 bits per heavy atom. The predicted octanol–water partition coefficient (Wildman–Crippen LogP) is 4.18. The number of Topliss-reactive ketones (excluding diaryl/α,β-unsaturated/α-hetero) is 1. The van der Waals surface area contributed by atoms with Crippen LogP contribution in [0, 0.1) is 23.2 Å². The van der Waals surface area contributed by atoms with Crippen LogP contribution in [0.15, 0.2) is 24.3 Å². The molecule has 0 spiro atoms. The van der Waals surface area contributed by atoms with E-state index >= 15 is 0 Å². The van der Waals surface area contributed by atoms with Crippen molar-refractivity contribution in [2.45, 2.75) is 58.0 Å². The standard InChI is InChI=1S/C23H30O5/c1-15(22(25)23-12-16-9-17(13-23)11-18(10-16)14-23)28-21(24)7-8-27-20-6-4-3-5-19(20)26-2/h3-6,15-18H,7-14H2,1-2H3. The molecular weight excluding hydrogens is 356 g/mol. The maximum atomic E-state index is 13.2. The summed E-state index contributed by atoms with van der Waals surface area (Å²) in [6.07, 6.45) is 6.30. The van der Waals surface area contributed by atoms with Gasteiger partial charge in [0.05, 0.1) is 20.1 Å². The zero-order valence-corrected chi connectivity index (χ0v) is 16.8. The first kappa shape index (κ1) is 19.3. The molecule has 0 saturated heterocycles. The van der Waals surface area contributed by atoms with Gasteiger partial charge in [-0.05, 0) is 75.3 Å². The van der Waals surface area contributed by atoms with E-state index in [0.29, 0.717) is 29.3 Å². The summed E-state index contributed by atoms with van der Waals surface area (Å²) in [7, 11) is 1.58. The van der Waals surface area contributed by atoms with E-state index in [9.17, 15) is 9.59 Å². The first-order valence-electron chi connectivity index (χ1n) is 10.5. The van der Waals surface area contributed by atoms with Crippen LogP contribution in [0.25, 0.3) is 0 Å².